The fourth-order valence-electron chi connectivity index (χ4n) is 3.38. The molecule has 5 nitrogen and oxygen atoms in total. The molecule has 1 aromatic rings. The average Bonchev–Trinajstić information content (AvgIpc) is 2.84. The molecule has 0 unspecified atom stereocenters. The predicted molar refractivity (Wildman–Crippen MR) is 64.4 cm³/mol. The lowest BCUT2D eigenvalue weighted by molar-refractivity contribution is -0.165. The lowest BCUT2D eigenvalue weighted by Crippen LogP contribution is -2.54. The fourth-order valence-corrected chi connectivity index (χ4v) is 3.38. The minimum atomic E-state index is -1.83. The van der Waals surface area contributed by atoms with E-state index in [1.54, 1.807) is 22.9 Å². The summed E-state index contributed by atoms with van der Waals surface area (Å²) in [5, 5.41) is 19.2. The second kappa shape index (κ2) is 3.86. The molecule has 0 radical (unpaired) electrons. The molecule has 18 heavy (non-hydrogen) atoms. The molecule has 98 valence electrons. The Morgan fingerprint density at radius 2 is 1.83 bits per heavy atom. The maximum Gasteiger partial charge on any atom is 0.327 e. The molecule has 2 N–H and O–H groups in total. The van der Waals surface area contributed by atoms with Crippen LogP contribution in [0.1, 0.15) is 32.4 Å². The van der Waals surface area contributed by atoms with Gasteiger partial charge in [0, 0.05) is 23.9 Å². The first-order valence-corrected chi connectivity index (χ1v) is 6.08. The minimum absolute atomic E-state index is 0.381. The third kappa shape index (κ3) is 1.16. The number of carboxylic acid groups (broad SMARTS) is 2. The third-order valence-electron chi connectivity index (χ3n) is 4.48. The molecule has 5 heteroatoms. The van der Waals surface area contributed by atoms with E-state index in [4.69, 9.17) is 0 Å². The van der Waals surface area contributed by atoms with Gasteiger partial charge in [-0.25, -0.2) is 0 Å². The Morgan fingerprint density at radius 3 is 2.28 bits per heavy atom. The fraction of sp³-hybridized carbons (Fsp3) is 0.538. The van der Waals surface area contributed by atoms with Gasteiger partial charge in [-0.05, 0) is 25.0 Å². The molecule has 1 aliphatic rings. The molecule has 0 spiro atoms. The minimum Gasteiger partial charge on any atom is -0.480 e. The van der Waals surface area contributed by atoms with Crippen LogP contribution in [0.15, 0.2) is 18.3 Å². The van der Waals surface area contributed by atoms with Crippen molar-refractivity contribution in [1.82, 2.24) is 4.57 Å². The first-order chi connectivity index (χ1) is 8.46. The van der Waals surface area contributed by atoms with Crippen molar-refractivity contribution in [3.05, 3.63) is 24.0 Å². The molecular weight excluding hydrogens is 234 g/mol. The molecule has 2 rings (SSSR count). The van der Waals surface area contributed by atoms with Crippen molar-refractivity contribution < 1.29 is 19.8 Å². The van der Waals surface area contributed by atoms with E-state index in [2.05, 4.69) is 0 Å². The zero-order chi connectivity index (χ0) is 13.6. The number of carboxylic acids is 2. The lowest BCUT2D eigenvalue weighted by atomic mass is 9.60. The zero-order valence-electron chi connectivity index (χ0n) is 10.5. The zero-order valence-corrected chi connectivity index (χ0v) is 10.5. The summed E-state index contributed by atoms with van der Waals surface area (Å²) in [6.45, 7) is 4.16. The molecule has 0 aliphatic carbocycles. The first-order valence-electron chi connectivity index (χ1n) is 6.08. The van der Waals surface area contributed by atoms with E-state index in [-0.39, 0.29) is 0 Å². The van der Waals surface area contributed by atoms with Gasteiger partial charge in [0.15, 0.2) is 0 Å². The Labute approximate surface area is 105 Å². The van der Waals surface area contributed by atoms with Gasteiger partial charge in [0.1, 0.15) is 0 Å². The van der Waals surface area contributed by atoms with Crippen LogP contribution in [-0.2, 0) is 21.5 Å². The largest absolute Gasteiger partial charge is 0.480 e. The number of hydrogen-bond donors (Lipinski definition) is 2. The topological polar surface area (TPSA) is 79.5 Å². The number of carbonyl (C=O) groups is 2. The van der Waals surface area contributed by atoms with E-state index < -0.39 is 22.8 Å². The maximum atomic E-state index is 11.8. The molecule has 0 aromatic carbocycles. The van der Waals surface area contributed by atoms with E-state index in [0.717, 1.165) is 0 Å². The monoisotopic (exact) mass is 251 g/mol. The quantitative estimate of drug-likeness (QED) is 0.798. The molecule has 0 bridgehead atoms. The first kappa shape index (κ1) is 12.7. The van der Waals surface area contributed by atoms with Gasteiger partial charge in [0.2, 0.25) is 5.41 Å². The lowest BCUT2D eigenvalue weighted by Gasteiger charge is -2.38. The van der Waals surface area contributed by atoms with Crippen LogP contribution in [0.3, 0.4) is 0 Å². The van der Waals surface area contributed by atoms with Gasteiger partial charge in [0.05, 0.1) is 0 Å². The maximum absolute atomic E-state index is 11.8. The summed E-state index contributed by atoms with van der Waals surface area (Å²) in [5.41, 5.74) is -2.22. The van der Waals surface area contributed by atoms with Crippen LogP contribution in [0, 0.1) is 5.41 Å². The van der Waals surface area contributed by atoms with Gasteiger partial charge in [-0.2, -0.15) is 0 Å². The molecule has 0 fully saturated rings. The standard InChI is InChI=1S/C13H17NO4/c1-3-12(4-2)8-14-7-5-6-9(14)13(12,10(15)16)11(17)18/h5-7H,3-4,8H2,1-2H3,(H,15,16)(H,17,18). The second-order valence-electron chi connectivity index (χ2n) is 4.87. The second-order valence-corrected chi connectivity index (χ2v) is 4.87. The molecule has 0 amide bonds. The van der Waals surface area contributed by atoms with Crippen molar-refractivity contribution in [3.8, 4) is 0 Å². The van der Waals surface area contributed by atoms with Crippen LogP contribution in [-0.4, -0.2) is 26.7 Å². The van der Waals surface area contributed by atoms with E-state index in [1.807, 2.05) is 13.8 Å². The Bertz CT molecular complexity index is 485. The highest BCUT2D eigenvalue weighted by Gasteiger charge is 2.66. The van der Waals surface area contributed by atoms with Crippen molar-refractivity contribution in [1.29, 1.82) is 0 Å². The number of aromatic nitrogens is 1. The highest BCUT2D eigenvalue weighted by molar-refractivity contribution is 6.06. The van der Waals surface area contributed by atoms with Crippen molar-refractivity contribution in [2.75, 3.05) is 0 Å². The van der Waals surface area contributed by atoms with Gasteiger partial charge in [0.25, 0.3) is 0 Å². The van der Waals surface area contributed by atoms with Crippen LogP contribution in [0.25, 0.3) is 0 Å². The Morgan fingerprint density at radius 1 is 1.28 bits per heavy atom. The Kier molecular flexibility index (Phi) is 2.72. The molecule has 0 atom stereocenters. The van der Waals surface area contributed by atoms with Crippen LogP contribution >= 0.6 is 0 Å². The average molecular weight is 251 g/mol. The molecular formula is C13H17NO4. The number of hydrogen-bond acceptors (Lipinski definition) is 2. The molecule has 0 saturated heterocycles. The number of aliphatic carboxylic acids is 2. The van der Waals surface area contributed by atoms with Crippen molar-refractivity contribution in [2.45, 2.75) is 38.6 Å². The number of rotatable bonds is 4. The van der Waals surface area contributed by atoms with E-state index >= 15 is 0 Å². The molecule has 2 heterocycles. The van der Waals surface area contributed by atoms with Crippen molar-refractivity contribution >= 4 is 11.9 Å². The third-order valence-corrected chi connectivity index (χ3v) is 4.48. The van der Waals surface area contributed by atoms with E-state index in [1.165, 1.54) is 0 Å². The summed E-state index contributed by atoms with van der Waals surface area (Å²) in [6, 6.07) is 3.31. The highest BCUT2D eigenvalue weighted by Crippen LogP contribution is 2.53. The van der Waals surface area contributed by atoms with Crippen LogP contribution in [0.5, 0.6) is 0 Å². The smallest absolute Gasteiger partial charge is 0.327 e. The summed E-state index contributed by atoms with van der Waals surface area (Å²) < 4.78 is 1.76. The molecule has 1 aromatic heterocycles. The molecule has 0 saturated carbocycles. The summed E-state index contributed by atoms with van der Waals surface area (Å²) in [7, 11) is 0. The van der Waals surface area contributed by atoms with E-state index in [9.17, 15) is 19.8 Å². The van der Waals surface area contributed by atoms with Gasteiger partial charge in [-0.3, -0.25) is 9.59 Å². The SMILES string of the molecule is CCC1(CC)Cn2cccc2C1(C(=O)O)C(=O)O. The van der Waals surface area contributed by atoms with E-state index in [0.29, 0.717) is 25.1 Å². The summed E-state index contributed by atoms with van der Waals surface area (Å²) in [6.07, 6.45) is 2.79. The summed E-state index contributed by atoms with van der Waals surface area (Å²) in [5.74, 6) is -2.53. The normalized spacial score (nSPS) is 19.4. The predicted octanol–water partition coefficient (Wildman–Crippen LogP) is 1.72. The van der Waals surface area contributed by atoms with Crippen LogP contribution in [0.4, 0.5) is 0 Å². The van der Waals surface area contributed by atoms with Gasteiger partial charge >= 0.3 is 11.9 Å². The van der Waals surface area contributed by atoms with Gasteiger partial charge in [-0.1, -0.05) is 13.8 Å². The van der Waals surface area contributed by atoms with Gasteiger partial charge < -0.3 is 14.8 Å². The molecule has 1 aliphatic heterocycles. The Balaban J connectivity index is 2.78. The van der Waals surface area contributed by atoms with Crippen LogP contribution < -0.4 is 0 Å². The summed E-state index contributed by atoms with van der Waals surface area (Å²) in [4.78, 5) is 23.5. The van der Waals surface area contributed by atoms with Crippen molar-refractivity contribution in [2.24, 2.45) is 5.41 Å². The summed E-state index contributed by atoms with van der Waals surface area (Å²) >= 11 is 0. The number of fused-ring (bicyclic) bond motifs is 1. The van der Waals surface area contributed by atoms with Crippen molar-refractivity contribution in [3.63, 3.8) is 0 Å². The van der Waals surface area contributed by atoms with Crippen LogP contribution in [0.2, 0.25) is 0 Å². The number of nitrogens with zero attached hydrogens (tertiary/aromatic N) is 1. The van der Waals surface area contributed by atoms with Gasteiger partial charge in [-0.15, -0.1) is 0 Å². The highest BCUT2D eigenvalue weighted by atomic mass is 16.4. The Hall–Kier alpha value is -1.78.